The van der Waals surface area contributed by atoms with Crippen LogP contribution in [0.3, 0.4) is 0 Å². The van der Waals surface area contributed by atoms with Crippen molar-refractivity contribution >= 4 is 23.0 Å². The molecule has 2 N–H and O–H groups in total. The standard InChI is InChI=1S/C11H17ClN2O/c1-8(7-15-3)14(2)11-5-4-9(12)6-10(11)13/h4-6,8H,7,13H2,1-3H3. The summed E-state index contributed by atoms with van der Waals surface area (Å²) in [6.45, 7) is 2.75. The summed E-state index contributed by atoms with van der Waals surface area (Å²) in [5, 5.41) is 0.657. The van der Waals surface area contributed by atoms with Gasteiger partial charge in [-0.1, -0.05) is 11.6 Å². The molecule has 0 saturated carbocycles. The average molecular weight is 229 g/mol. The second kappa shape index (κ2) is 5.24. The van der Waals surface area contributed by atoms with Crippen LogP contribution < -0.4 is 10.6 Å². The molecule has 1 rings (SSSR count). The van der Waals surface area contributed by atoms with E-state index in [1.54, 1.807) is 13.2 Å². The number of nitrogen functional groups attached to an aromatic ring is 1. The maximum absolute atomic E-state index is 5.89. The van der Waals surface area contributed by atoms with E-state index in [9.17, 15) is 0 Å². The Morgan fingerprint density at radius 2 is 2.20 bits per heavy atom. The predicted octanol–water partition coefficient (Wildman–Crippen LogP) is 2.39. The monoisotopic (exact) mass is 228 g/mol. The molecule has 1 atom stereocenters. The fourth-order valence-corrected chi connectivity index (χ4v) is 1.62. The van der Waals surface area contributed by atoms with E-state index in [-0.39, 0.29) is 6.04 Å². The molecule has 1 aromatic carbocycles. The Labute approximate surface area is 95.8 Å². The van der Waals surface area contributed by atoms with Crippen LogP contribution in [0.15, 0.2) is 18.2 Å². The summed E-state index contributed by atoms with van der Waals surface area (Å²) in [5.41, 5.74) is 7.55. The van der Waals surface area contributed by atoms with E-state index in [1.807, 2.05) is 19.2 Å². The molecule has 0 aliphatic heterocycles. The Morgan fingerprint density at radius 3 is 2.73 bits per heavy atom. The summed E-state index contributed by atoms with van der Waals surface area (Å²) in [5.74, 6) is 0. The maximum Gasteiger partial charge on any atom is 0.0663 e. The molecule has 0 aromatic heterocycles. The molecule has 15 heavy (non-hydrogen) atoms. The molecule has 0 radical (unpaired) electrons. The number of hydrogen-bond donors (Lipinski definition) is 1. The fraction of sp³-hybridized carbons (Fsp3) is 0.455. The third kappa shape index (κ3) is 3.01. The highest BCUT2D eigenvalue weighted by atomic mass is 35.5. The molecule has 0 heterocycles. The van der Waals surface area contributed by atoms with E-state index in [4.69, 9.17) is 22.1 Å². The van der Waals surface area contributed by atoms with Crippen LogP contribution in [0.5, 0.6) is 0 Å². The normalized spacial score (nSPS) is 12.5. The van der Waals surface area contributed by atoms with Crippen molar-refractivity contribution in [3.63, 3.8) is 0 Å². The summed E-state index contributed by atoms with van der Waals surface area (Å²) in [4.78, 5) is 2.08. The number of nitrogens with zero attached hydrogens (tertiary/aromatic N) is 1. The number of halogens is 1. The Morgan fingerprint density at radius 1 is 1.53 bits per heavy atom. The molecule has 0 fully saturated rings. The highest BCUT2D eigenvalue weighted by molar-refractivity contribution is 6.31. The first kappa shape index (κ1) is 12.1. The topological polar surface area (TPSA) is 38.5 Å². The lowest BCUT2D eigenvalue weighted by Crippen LogP contribution is -2.33. The van der Waals surface area contributed by atoms with Crippen LogP contribution in [0.2, 0.25) is 5.02 Å². The van der Waals surface area contributed by atoms with Crippen molar-refractivity contribution in [3.05, 3.63) is 23.2 Å². The van der Waals surface area contributed by atoms with Crippen LogP contribution in [-0.2, 0) is 4.74 Å². The molecule has 0 spiro atoms. The van der Waals surface area contributed by atoms with Gasteiger partial charge in [-0.15, -0.1) is 0 Å². The number of rotatable bonds is 4. The maximum atomic E-state index is 5.89. The van der Waals surface area contributed by atoms with Crippen LogP contribution in [0.1, 0.15) is 6.92 Å². The van der Waals surface area contributed by atoms with Crippen molar-refractivity contribution < 1.29 is 4.74 Å². The van der Waals surface area contributed by atoms with Crippen molar-refractivity contribution in [1.82, 2.24) is 0 Å². The minimum Gasteiger partial charge on any atom is -0.397 e. The van der Waals surface area contributed by atoms with Crippen LogP contribution in [0, 0.1) is 0 Å². The highest BCUT2D eigenvalue weighted by Crippen LogP contribution is 2.26. The van der Waals surface area contributed by atoms with Crippen molar-refractivity contribution in [2.45, 2.75) is 13.0 Å². The lowest BCUT2D eigenvalue weighted by Gasteiger charge is -2.27. The number of methoxy groups -OCH3 is 1. The van der Waals surface area contributed by atoms with Gasteiger partial charge in [-0.25, -0.2) is 0 Å². The number of likely N-dealkylation sites (N-methyl/N-ethyl adjacent to an activating group) is 1. The Hall–Kier alpha value is -0.930. The van der Waals surface area contributed by atoms with Gasteiger partial charge in [-0.3, -0.25) is 0 Å². The van der Waals surface area contributed by atoms with Crippen molar-refractivity contribution in [2.24, 2.45) is 0 Å². The van der Waals surface area contributed by atoms with Gasteiger partial charge in [0.1, 0.15) is 0 Å². The van der Waals surface area contributed by atoms with Gasteiger partial charge in [0, 0.05) is 25.2 Å². The Kier molecular flexibility index (Phi) is 4.24. The van der Waals surface area contributed by atoms with Crippen LogP contribution in [0.4, 0.5) is 11.4 Å². The minimum absolute atomic E-state index is 0.276. The van der Waals surface area contributed by atoms with Gasteiger partial charge in [0.25, 0.3) is 0 Å². The van der Waals surface area contributed by atoms with E-state index in [2.05, 4.69) is 11.8 Å². The number of anilines is 2. The second-order valence-corrected chi connectivity index (χ2v) is 4.05. The summed E-state index contributed by atoms with van der Waals surface area (Å²) >= 11 is 5.84. The molecule has 0 saturated heterocycles. The van der Waals surface area contributed by atoms with Crippen LogP contribution in [0.25, 0.3) is 0 Å². The molecule has 1 unspecified atom stereocenters. The first-order chi connectivity index (χ1) is 7.06. The Balaban J connectivity index is 2.86. The first-order valence-electron chi connectivity index (χ1n) is 4.83. The molecule has 0 amide bonds. The van der Waals surface area contributed by atoms with Gasteiger partial charge in [-0.05, 0) is 25.1 Å². The number of hydrogen-bond acceptors (Lipinski definition) is 3. The molecule has 4 heteroatoms. The van der Waals surface area contributed by atoms with E-state index in [1.165, 1.54) is 0 Å². The van der Waals surface area contributed by atoms with Gasteiger partial charge in [-0.2, -0.15) is 0 Å². The van der Waals surface area contributed by atoms with E-state index < -0.39 is 0 Å². The minimum atomic E-state index is 0.276. The number of ether oxygens (including phenoxy) is 1. The zero-order valence-electron chi connectivity index (χ0n) is 9.33. The van der Waals surface area contributed by atoms with Crippen LogP contribution in [-0.4, -0.2) is 26.8 Å². The Bertz CT molecular complexity index is 330. The molecule has 84 valence electrons. The second-order valence-electron chi connectivity index (χ2n) is 3.62. The fourth-order valence-electron chi connectivity index (χ4n) is 1.44. The van der Waals surface area contributed by atoms with Crippen LogP contribution >= 0.6 is 11.6 Å². The molecule has 0 bridgehead atoms. The molecular weight excluding hydrogens is 212 g/mol. The SMILES string of the molecule is COCC(C)N(C)c1ccc(Cl)cc1N. The summed E-state index contributed by atoms with van der Waals surface area (Å²) in [7, 11) is 3.68. The van der Waals surface area contributed by atoms with E-state index in [0.717, 1.165) is 5.69 Å². The largest absolute Gasteiger partial charge is 0.397 e. The third-order valence-electron chi connectivity index (χ3n) is 2.44. The van der Waals surface area contributed by atoms with Crippen molar-refractivity contribution in [1.29, 1.82) is 0 Å². The first-order valence-corrected chi connectivity index (χ1v) is 5.21. The summed E-state index contributed by atoms with van der Waals surface area (Å²) in [6, 6.07) is 5.79. The van der Waals surface area contributed by atoms with Gasteiger partial charge >= 0.3 is 0 Å². The van der Waals surface area contributed by atoms with Crippen molar-refractivity contribution in [2.75, 3.05) is 31.4 Å². The molecule has 3 nitrogen and oxygen atoms in total. The van der Waals surface area contributed by atoms with Gasteiger partial charge < -0.3 is 15.4 Å². The summed E-state index contributed by atoms with van der Waals surface area (Å²) in [6.07, 6.45) is 0. The summed E-state index contributed by atoms with van der Waals surface area (Å²) < 4.78 is 5.10. The molecule has 1 aromatic rings. The van der Waals surface area contributed by atoms with E-state index in [0.29, 0.717) is 17.3 Å². The van der Waals surface area contributed by atoms with Crippen molar-refractivity contribution in [3.8, 4) is 0 Å². The van der Waals surface area contributed by atoms with Gasteiger partial charge in [0.2, 0.25) is 0 Å². The quantitative estimate of drug-likeness (QED) is 0.805. The van der Waals surface area contributed by atoms with Gasteiger partial charge in [0.15, 0.2) is 0 Å². The van der Waals surface area contributed by atoms with Gasteiger partial charge in [0.05, 0.1) is 18.0 Å². The van der Waals surface area contributed by atoms with E-state index >= 15 is 0 Å². The number of nitrogens with two attached hydrogens (primary N) is 1. The molecular formula is C11H17ClN2O. The zero-order valence-corrected chi connectivity index (χ0v) is 10.1. The predicted molar refractivity (Wildman–Crippen MR) is 65.6 cm³/mol. The lowest BCUT2D eigenvalue weighted by molar-refractivity contribution is 0.183. The third-order valence-corrected chi connectivity index (χ3v) is 2.67. The highest BCUT2D eigenvalue weighted by Gasteiger charge is 2.12. The number of benzene rings is 1. The molecule has 0 aliphatic rings. The smallest absolute Gasteiger partial charge is 0.0663 e. The molecule has 0 aliphatic carbocycles. The average Bonchev–Trinajstić information content (AvgIpc) is 2.17. The zero-order chi connectivity index (χ0) is 11.4. The lowest BCUT2D eigenvalue weighted by atomic mass is 10.2.